The molecular formula is C15H18N2O3. The average Bonchev–Trinajstić information content (AvgIpc) is 2.42. The second-order valence-electron chi connectivity index (χ2n) is 4.15. The zero-order valence-corrected chi connectivity index (χ0v) is 11.4. The van der Waals surface area contributed by atoms with Crippen molar-refractivity contribution in [1.82, 2.24) is 5.32 Å². The standard InChI is InChI=1S/C15H18N2O3/c1-2-3-4-10-16-15(20)17-13-7-5-6-12(11-13)8-9-14(18)19/h5-7,11H,4,8-10H2,1H3,(H,18,19)(H2,16,17,20). The van der Waals surface area contributed by atoms with Gasteiger partial charge in [-0.1, -0.05) is 12.1 Å². The lowest BCUT2D eigenvalue weighted by Crippen LogP contribution is -2.29. The summed E-state index contributed by atoms with van der Waals surface area (Å²) in [5, 5.41) is 14.0. The number of amides is 2. The molecule has 0 aliphatic rings. The number of nitrogens with one attached hydrogen (secondary N) is 2. The molecule has 0 bridgehead atoms. The summed E-state index contributed by atoms with van der Waals surface area (Å²) in [7, 11) is 0. The Bertz CT molecular complexity index is 529. The zero-order valence-electron chi connectivity index (χ0n) is 11.4. The highest BCUT2D eigenvalue weighted by Crippen LogP contribution is 2.12. The van der Waals surface area contributed by atoms with Crippen molar-refractivity contribution >= 4 is 17.7 Å². The minimum absolute atomic E-state index is 0.0747. The smallest absolute Gasteiger partial charge is 0.319 e. The normalized spacial score (nSPS) is 9.25. The van der Waals surface area contributed by atoms with Gasteiger partial charge in [-0.05, 0) is 31.0 Å². The molecule has 5 nitrogen and oxygen atoms in total. The highest BCUT2D eigenvalue weighted by molar-refractivity contribution is 5.89. The lowest BCUT2D eigenvalue weighted by atomic mass is 10.1. The maximum Gasteiger partial charge on any atom is 0.319 e. The van der Waals surface area contributed by atoms with Crippen LogP contribution in [0.1, 0.15) is 25.3 Å². The second-order valence-corrected chi connectivity index (χ2v) is 4.15. The third-order valence-corrected chi connectivity index (χ3v) is 2.52. The van der Waals surface area contributed by atoms with Crippen molar-refractivity contribution < 1.29 is 14.7 Å². The fourth-order valence-corrected chi connectivity index (χ4v) is 1.59. The Hall–Kier alpha value is -2.48. The molecule has 5 heteroatoms. The van der Waals surface area contributed by atoms with Crippen LogP contribution < -0.4 is 10.6 Å². The summed E-state index contributed by atoms with van der Waals surface area (Å²) in [5.74, 6) is 4.77. The molecule has 0 spiro atoms. The maximum atomic E-state index is 11.6. The predicted octanol–water partition coefficient (Wildman–Crippen LogP) is 2.24. The number of hydrogen-bond acceptors (Lipinski definition) is 2. The predicted molar refractivity (Wildman–Crippen MR) is 77.5 cm³/mol. The van der Waals surface area contributed by atoms with Gasteiger partial charge in [0.25, 0.3) is 0 Å². The van der Waals surface area contributed by atoms with E-state index in [1.54, 1.807) is 25.1 Å². The Balaban J connectivity index is 2.45. The van der Waals surface area contributed by atoms with Crippen LogP contribution in [0.4, 0.5) is 10.5 Å². The third-order valence-electron chi connectivity index (χ3n) is 2.52. The van der Waals surface area contributed by atoms with E-state index in [-0.39, 0.29) is 12.5 Å². The van der Waals surface area contributed by atoms with E-state index in [9.17, 15) is 9.59 Å². The number of anilines is 1. The van der Waals surface area contributed by atoms with Gasteiger partial charge < -0.3 is 15.7 Å². The molecule has 0 atom stereocenters. The Morgan fingerprint density at radius 2 is 2.15 bits per heavy atom. The largest absolute Gasteiger partial charge is 0.481 e. The van der Waals surface area contributed by atoms with Crippen LogP contribution in [0.15, 0.2) is 24.3 Å². The Morgan fingerprint density at radius 3 is 2.85 bits per heavy atom. The van der Waals surface area contributed by atoms with Gasteiger partial charge in [0.1, 0.15) is 0 Å². The number of carboxylic acid groups (broad SMARTS) is 1. The molecule has 0 fully saturated rings. The highest BCUT2D eigenvalue weighted by atomic mass is 16.4. The van der Waals surface area contributed by atoms with Crippen molar-refractivity contribution in [2.45, 2.75) is 26.2 Å². The summed E-state index contributed by atoms with van der Waals surface area (Å²) in [6.07, 6.45) is 1.13. The van der Waals surface area contributed by atoms with Gasteiger partial charge in [-0.3, -0.25) is 4.79 Å². The number of hydrogen-bond donors (Lipinski definition) is 3. The van der Waals surface area contributed by atoms with E-state index < -0.39 is 5.97 Å². The van der Waals surface area contributed by atoms with E-state index in [0.717, 1.165) is 5.56 Å². The van der Waals surface area contributed by atoms with Crippen LogP contribution in [0.3, 0.4) is 0 Å². The molecule has 0 saturated heterocycles. The summed E-state index contributed by atoms with van der Waals surface area (Å²) < 4.78 is 0. The van der Waals surface area contributed by atoms with Gasteiger partial charge >= 0.3 is 12.0 Å². The van der Waals surface area contributed by atoms with Crippen LogP contribution in [0.25, 0.3) is 0 Å². The van der Waals surface area contributed by atoms with Gasteiger partial charge in [-0.15, -0.1) is 11.8 Å². The summed E-state index contributed by atoms with van der Waals surface area (Å²) in [5.41, 5.74) is 1.52. The first kappa shape index (κ1) is 15.6. The minimum Gasteiger partial charge on any atom is -0.481 e. The van der Waals surface area contributed by atoms with Crippen molar-refractivity contribution in [1.29, 1.82) is 0 Å². The molecule has 0 radical (unpaired) electrons. The van der Waals surface area contributed by atoms with Crippen molar-refractivity contribution in [3.8, 4) is 11.8 Å². The molecule has 0 aliphatic carbocycles. The highest BCUT2D eigenvalue weighted by Gasteiger charge is 2.03. The Kier molecular flexibility index (Phi) is 6.69. The first-order chi connectivity index (χ1) is 9.61. The van der Waals surface area contributed by atoms with E-state index >= 15 is 0 Å². The maximum absolute atomic E-state index is 11.6. The first-order valence-corrected chi connectivity index (χ1v) is 6.37. The molecule has 106 valence electrons. The van der Waals surface area contributed by atoms with Crippen molar-refractivity contribution in [3.63, 3.8) is 0 Å². The Morgan fingerprint density at radius 1 is 1.35 bits per heavy atom. The summed E-state index contributed by atoms with van der Waals surface area (Å²) in [6.45, 7) is 2.24. The molecule has 2 amide bonds. The van der Waals surface area contributed by atoms with Gasteiger partial charge in [0.2, 0.25) is 0 Å². The quantitative estimate of drug-likeness (QED) is 0.550. The number of rotatable bonds is 6. The Labute approximate surface area is 118 Å². The van der Waals surface area contributed by atoms with Crippen LogP contribution >= 0.6 is 0 Å². The van der Waals surface area contributed by atoms with Crippen LogP contribution in [0, 0.1) is 11.8 Å². The average molecular weight is 274 g/mol. The number of benzene rings is 1. The van der Waals surface area contributed by atoms with E-state index in [0.29, 0.717) is 25.1 Å². The van der Waals surface area contributed by atoms with Crippen molar-refractivity contribution in [3.05, 3.63) is 29.8 Å². The number of carboxylic acids is 1. The first-order valence-electron chi connectivity index (χ1n) is 6.37. The molecule has 0 heterocycles. The van der Waals surface area contributed by atoms with Gasteiger partial charge in [0, 0.05) is 25.1 Å². The minimum atomic E-state index is -0.835. The summed E-state index contributed by atoms with van der Waals surface area (Å²) in [4.78, 5) is 22.1. The molecule has 1 aromatic carbocycles. The molecule has 0 unspecified atom stereocenters. The molecular weight excluding hydrogens is 256 g/mol. The molecule has 0 saturated carbocycles. The zero-order chi connectivity index (χ0) is 14.8. The van der Waals surface area contributed by atoms with Gasteiger partial charge in [-0.2, -0.15) is 0 Å². The van der Waals surface area contributed by atoms with Crippen LogP contribution in [0.2, 0.25) is 0 Å². The number of aryl methyl sites for hydroxylation is 1. The molecule has 0 aliphatic heterocycles. The molecule has 20 heavy (non-hydrogen) atoms. The van der Waals surface area contributed by atoms with Gasteiger partial charge in [-0.25, -0.2) is 4.79 Å². The van der Waals surface area contributed by atoms with Crippen LogP contribution in [-0.4, -0.2) is 23.7 Å². The number of carbonyl (C=O) groups is 2. The summed E-state index contributed by atoms with van der Waals surface area (Å²) >= 11 is 0. The van der Waals surface area contributed by atoms with Crippen molar-refractivity contribution in [2.24, 2.45) is 0 Å². The SMILES string of the molecule is CC#CCCNC(=O)Nc1cccc(CCC(=O)O)c1. The monoisotopic (exact) mass is 274 g/mol. The topological polar surface area (TPSA) is 78.4 Å². The van der Waals surface area contributed by atoms with Gasteiger partial charge in [0.15, 0.2) is 0 Å². The lowest BCUT2D eigenvalue weighted by Gasteiger charge is -2.08. The summed E-state index contributed by atoms with van der Waals surface area (Å²) in [6, 6.07) is 6.86. The molecule has 3 N–H and O–H groups in total. The van der Waals surface area contributed by atoms with Crippen molar-refractivity contribution in [2.75, 3.05) is 11.9 Å². The second kappa shape index (κ2) is 8.59. The molecule has 1 aromatic rings. The fraction of sp³-hybridized carbons (Fsp3) is 0.333. The lowest BCUT2D eigenvalue weighted by molar-refractivity contribution is -0.136. The van der Waals surface area contributed by atoms with Crippen LogP contribution in [0.5, 0.6) is 0 Å². The number of aliphatic carboxylic acids is 1. The van der Waals surface area contributed by atoms with E-state index in [2.05, 4.69) is 22.5 Å². The van der Waals surface area contributed by atoms with E-state index in [1.165, 1.54) is 0 Å². The van der Waals surface area contributed by atoms with Gasteiger partial charge in [0.05, 0.1) is 0 Å². The fourth-order valence-electron chi connectivity index (χ4n) is 1.59. The van der Waals surface area contributed by atoms with E-state index in [4.69, 9.17) is 5.11 Å². The number of carbonyl (C=O) groups excluding carboxylic acids is 1. The molecule has 0 aromatic heterocycles. The third kappa shape index (κ3) is 6.45. The number of urea groups is 1. The molecule has 1 rings (SSSR count). The van der Waals surface area contributed by atoms with Crippen LogP contribution in [-0.2, 0) is 11.2 Å². The van der Waals surface area contributed by atoms with E-state index in [1.807, 2.05) is 6.07 Å².